The summed E-state index contributed by atoms with van der Waals surface area (Å²) >= 11 is 0. The molecule has 2 aliphatic carbocycles. The number of esters is 2. The highest BCUT2D eigenvalue weighted by Gasteiger charge is 2.56. The van der Waals surface area contributed by atoms with Crippen LogP contribution in [0.15, 0.2) is 23.3 Å². The van der Waals surface area contributed by atoms with Crippen molar-refractivity contribution in [3.8, 4) is 0 Å². The topological polar surface area (TPSA) is 52.6 Å². The van der Waals surface area contributed by atoms with Crippen molar-refractivity contribution in [2.24, 2.45) is 17.8 Å². The van der Waals surface area contributed by atoms with Gasteiger partial charge in [0.25, 0.3) is 0 Å². The maximum absolute atomic E-state index is 12.3. The van der Waals surface area contributed by atoms with E-state index in [2.05, 4.69) is 13.5 Å². The van der Waals surface area contributed by atoms with Crippen molar-refractivity contribution in [3.63, 3.8) is 0 Å². The van der Waals surface area contributed by atoms with Gasteiger partial charge in [-0.25, -0.2) is 4.79 Å². The van der Waals surface area contributed by atoms with Gasteiger partial charge in [-0.1, -0.05) is 31.6 Å². The molecule has 0 radical (unpaired) electrons. The first-order valence-corrected chi connectivity index (χ1v) is 9.03. The summed E-state index contributed by atoms with van der Waals surface area (Å²) in [4.78, 5) is 24.4. The van der Waals surface area contributed by atoms with Crippen molar-refractivity contribution in [2.45, 2.75) is 71.5 Å². The molecule has 0 unspecified atom stereocenters. The Morgan fingerprint density at radius 1 is 1.42 bits per heavy atom. The molecular formula is C20H28O4. The lowest BCUT2D eigenvalue weighted by Gasteiger charge is -2.36. The lowest BCUT2D eigenvalue weighted by Crippen LogP contribution is -2.44. The zero-order valence-corrected chi connectivity index (χ0v) is 15.2. The van der Waals surface area contributed by atoms with E-state index in [1.54, 1.807) is 0 Å². The van der Waals surface area contributed by atoms with Gasteiger partial charge in [0.15, 0.2) is 0 Å². The van der Waals surface area contributed by atoms with Crippen LogP contribution in [0.3, 0.4) is 0 Å². The molecule has 4 heteroatoms. The maximum atomic E-state index is 12.3. The Morgan fingerprint density at radius 3 is 2.79 bits per heavy atom. The van der Waals surface area contributed by atoms with Crippen molar-refractivity contribution in [2.75, 3.05) is 0 Å². The van der Waals surface area contributed by atoms with Crippen LogP contribution in [-0.2, 0) is 19.1 Å². The van der Waals surface area contributed by atoms with Gasteiger partial charge in [-0.05, 0) is 45.4 Å². The lowest BCUT2D eigenvalue weighted by molar-refractivity contribution is -0.168. The third-order valence-corrected chi connectivity index (χ3v) is 5.90. The third kappa shape index (κ3) is 2.80. The summed E-state index contributed by atoms with van der Waals surface area (Å²) in [6.45, 7) is 12.1. The van der Waals surface area contributed by atoms with Gasteiger partial charge in [0.05, 0.1) is 5.92 Å². The van der Waals surface area contributed by atoms with E-state index in [0.29, 0.717) is 12.0 Å². The van der Waals surface area contributed by atoms with Gasteiger partial charge >= 0.3 is 11.9 Å². The predicted molar refractivity (Wildman–Crippen MR) is 91.1 cm³/mol. The average Bonchev–Trinajstić information content (AvgIpc) is 2.88. The van der Waals surface area contributed by atoms with E-state index < -0.39 is 5.60 Å². The van der Waals surface area contributed by atoms with E-state index in [0.717, 1.165) is 25.7 Å². The summed E-state index contributed by atoms with van der Waals surface area (Å²) in [6, 6.07) is 0. The molecule has 0 amide bonds. The van der Waals surface area contributed by atoms with Crippen LogP contribution in [0.5, 0.6) is 0 Å². The van der Waals surface area contributed by atoms with E-state index in [4.69, 9.17) is 9.47 Å². The van der Waals surface area contributed by atoms with Crippen LogP contribution in [0, 0.1) is 17.8 Å². The lowest BCUT2D eigenvalue weighted by atomic mass is 9.79. The van der Waals surface area contributed by atoms with E-state index >= 15 is 0 Å². The van der Waals surface area contributed by atoms with Crippen LogP contribution >= 0.6 is 0 Å². The molecule has 0 aromatic rings. The summed E-state index contributed by atoms with van der Waals surface area (Å²) in [5, 5.41) is 0. The first-order chi connectivity index (χ1) is 11.2. The molecule has 1 saturated carbocycles. The molecule has 0 spiro atoms. The molecule has 3 rings (SSSR count). The molecule has 3 aliphatic rings. The molecule has 1 heterocycles. The van der Waals surface area contributed by atoms with Crippen molar-refractivity contribution in [1.29, 1.82) is 0 Å². The minimum absolute atomic E-state index is 0.0377. The Morgan fingerprint density at radius 2 is 2.12 bits per heavy atom. The Bertz CT molecular complexity index is 615. The van der Waals surface area contributed by atoms with E-state index in [1.807, 2.05) is 20.8 Å². The fourth-order valence-corrected chi connectivity index (χ4v) is 4.64. The van der Waals surface area contributed by atoms with Crippen LogP contribution < -0.4 is 0 Å². The summed E-state index contributed by atoms with van der Waals surface area (Å²) < 4.78 is 11.7. The Balaban J connectivity index is 1.92. The largest absolute Gasteiger partial charge is 0.459 e. The SMILES string of the molecule is C=C1C(=O)O[C@H]2[C@H]1CCC(C)=C1CC[C@@](C)(OC(=O)CC(C)C)[C@@H]12. The van der Waals surface area contributed by atoms with Gasteiger partial charge < -0.3 is 9.47 Å². The fourth-order valence-electron chi connectivity index (χ4n) is 4.64. The van der Waals surface area contributed by atoms with Gasteiger partial charge in [-0.2, -0.15) is 0 Å². The zero-order chi connectivity index (χ0) is 17.6. The van der Waals surface area contributed by atoms with Gasteiger partial charge in [0, 0.05) is 17.9 Å². The maximum Gasteiger partial charge on any atom is 0.334 e. The van der Waals surface area contributed by atoms with Gasteiger partial charge in [-0.15, -0.1) is 0 Å². The van der Waals surface area contributed by atoms with Crippen LogP contribution in [0.25, 0.3) is 0 Å². The molecule has 0 aromatic carbocycles. The number of hydrogen-bond acceptors (Lipinski definition) is 4. The van der Waals surface area contributed by atoms with Crippen LogP contribution in [0.1, 0.15) is 59.8 Å². The molecule has 132 valence electrons. The fraction of sp³-hybridized carbons (Fsp3) is 0.700. The summed E-state index contributed by atoms with van der Waals surface area (Å²) in [7, 11) is 0. The quantitative estimate of drug-likeness (QED) is 0.446. The van der Waals surface area contributed by atoms with E-state index in [9.17, 15) is 9.59 Å². The molecule has 1 aliphatic heterocycles. The third-order valence-electron chi connectivity index (χ3n) is 5.90. The van der Waals surface area contributed by atoms with E-state index in [-0.39, 0.29) is 35.8 Å². The van der Waals surface area contributed by atoms with Crippen molar-refractivity contribution >= 4 is 11.9 Å². The number of hydrogen-bond donors (Lipinski definition) is 0. The Labute approximate surface area is 144 Å². The Kier molecular flexibility index (Phi) is 4.35. The van der Waals surface area contributed by atoms with Gasteiger partial charge in [0.2, 0.25) is 0 Å². The van der Waals surface area contributed by atoms with Gasteiger partial charge in [0.1, 0.15) is 11.7 Å². The van der Waals surface area contributed by atoms with Crippen molar-refractivity contribution in [3.05, 3.63) is 23.3 Å². The highest BCUT2D eigenvalue weighted by Crippen LogP contribution is 2.53. The second-order valence-electron chi connectivity index (χ2n) is 8.21. The number of carbonyl (C=O) groups excluding carboxylic acids is 2. The van der Waals surface area contributed by atoms with E-state index in [1.165, 1.54) is 11.1 Å². The molecule has 24 heavy (non-hydrogen) atoms. The summed E-state index contributed by atoms with van der Waals surface area (Å²) in [6.07, 6.45) is 3.73. The first-order valence-electron chi connectivity index (χ1n) is 9.03. The highest BCUT2D eigenvalue weighted by molar-refractivity contribution is 5.91. The number of rotatable bonds is 3. The average molecular weight is 332 g/mol. The molecule has 0 bridgehead atoms. The molecule has 4 nitrogen and oxygen atoms in total. The summed E-state index contributed by atoms with van der Waals surface area (Å²) in [5.74, 6) is -0.173. The smallest absolute Gasteiger partial charge is 0.334 e. The number of fused-ring (bicyclic) bond motifs is 3. The molecule has 4 atom stereocenters. The monoisotopic (exact) mass is 332 g/mol. The molecular weight excluding hydrogens is 304 g/mol. The van der Waals surface area contributed by atoms with Crippen LogP contribution in [0.4, 0.5) is 0 Å². The van der Waals surface area contributed by atoms with Crippen molar-refractivity contribution < 1.29 is 19.1 Å². The van der Waals surface area contributed by atoms with Crippen molar-refractivity contribution in [1.82, 2.24) is 0 Å². The van der Waals surface area contributed by atoms with Crippen LogP contribution in [-0.4, -0.2) is 23.6 Å². The normalized spacial score (nSPS) is 35.6. The minimum Gasteiger partial charge on any atom is -0.459 e. The second-order valence-corrected chi connectivity index (χ2v) is 8.21. The highest BCUT2D eigenvalue weighted by atomic mass is 16.6. The number of ether oxygens (including phenoxy) is 2. The molecule has 0 N–H and O–H groups in total. The molecule has 1 saturated heterocycles. The molecule has 0 aromatic heterocycles. The standard InChI is InChI=1S/C20H28O4/c1-11(2)10-16(21)24-20(5)9-8-14-12(3)6-7-15-13(4)19(22)23-18(15)17(14)20/h11,15,17-18H,4,6-10H2,1-3,5H3/t15-,17-,18-,20+/m0/s1. The predicted octanol–water partition coefficient (Wildman–Crippen LogP) is 3.95. The number of allylic oxidation sites excluding steroid dienone is 1. The summed E-state index contributed by atoms with van der Waals surface area (Å²) in [5.41, 5.74) is 2.67. The first kappa shape index (κ1) is 17.2. The zero-order valence-electron chi connectivity index (χ0n) is 15.2. The number of carbonyl (C=O) groups is 2. The second kappa shape index (κ2) is 6.05. The molecule has 2 fully saturated rings. The van der Waals surface area contributed by atoms with Gasteiger partial charge in [-0.3, -0.25) is 4.79 Å². The van der Waals surface area contributed by atoms with Crippen LogP contribution in [0.2, 0.25) is 0 Å². The minimum atomic E-state index is -0.597. The Hall–Kier alpha value is -1.58.